The molecule has 21 heavy (non-hydrogen) atoms. The van der Waals surface area contributed by atoms with E-state index < -0.39 is 0 Å². The van der Waals surface area contributed by atoms with Crippen LogP contribution >= 0.6 is 0 Å². The third kappa shape index (κ3) is 4.43. The molecule has 0 spiro atoms. The smallest absolute Gasteiger partial charge is 0.238 e. The van der Waals surface area contributed by atoms with E-state index in [2.05, 4.69) is 10.6 Å². The van der Waals surface area contributed by atoms with E-state index in [1.807, 2.05) is 30.3 Å². The highest BCUT2D eigenvalue weighted by molar-refractivity contribution is 5.94. The number of carbonyl (C=O) groups excluding carboxylic acids is 1. The van der Waals surface area contributed by atoms with Crippen molar-refractivity contribution in [2.24, 2.45) is 0 Å². The third-order valence-corrected chi connectivity index (χ3v) is 2.98. The molecule has 2 aromatic rings. The van der Waals surface area contributed by atoms with Gasteiger partial charge in [-0.15, -0.1) is 0 Å². The van der Waals surface area contributed by atoms with Gasteiger partial charge in [0, 0.05) is 29.7 Å². The topological polar surface area (TPSA) is 91.0 Å². The van der Waals surface area contributed by atoms with E-state index in [0.29, 0.717) is 23.5 Å². The second-order valence-electron chi connectivity index (χ2n) is 4.63. The molecule has 2 aromatic carbocycles. The summed E-state index contributed by atoms with van der Waals surface area (Å²) in [6, 6.07) is 15.0. The predicted molar refractivity (Wildman–Crippen MR) is 85.5 cm³/mol. The van der Waals surface area contributed by atoms with Gasteiger partial charge in [-0.25, -0.2) is 0 Å². The van der Waals surface area contributed by atoms with Crippen molar-refractivity contribution in [2.75, 3.05) is 17.6 Å². The van der Waals surface area contributed by atoms with E-state index in [1.165, 1.54) is 6.21 Å². The van der Waals surface area contributed by atoms with Crippen LogP contribution in [0.1, 0.15) is 11.1 Å². The molecule has 5 N–H and O–H groups in total. The summed E-state index contributed by atoms with van der Waals surface area (Å²) in [6.45, 7) is 0.862. The zero-order valence-electron chi connectivity index (χ0n) is 11.6. The summed E-state index contributed by atoms with van der Waals surface area (Å²) < 4.78 is 0. The molecule has 0 bridgehead atoms. The second kappa shape index (κ2) is 7.21. The van der Waals surface area contributed by atoms with Gasteiger partial charge in [0.25, 0.3) is 0 Å². The van der Waals surface area contributed by atoms with E-state index in [1.54, 1.807) is 18.2 Å². The Bertz CT molecular complexity index is 625. The monoisotopic (exact) mass is 282 g/mol. The molecular formula is C16H18N4O. The van der Waals surface area contributed by atoms with Crippen LogP contribution in [0.2, 0.25) is 0 Å². The quantitative estimate of drug-likeness (QED) is 0.482. The van der Waals surface area contributed by atoms with Crippen molar-refractivity contribution >= 4 is 23.5 Å². The summed E-state index contributed by atoms with van der Waals surface area (Å²) in [6.07, 6.45) is 1.17. The normalized spacial score (nSPS) is 10.1. The van der Waals surface area contributed by atoms with Crippen LogP contribution in [0.15, 0.2) is 48.5 Å². The van der Waals surface area contributed by atoms with Gasteiger partial charge < -0.3 is 21.8 Å². The van der Waals surface area contributed by atoms with Crippen LogP contribution < -0.4 is 16.4 Å². The van der Waals surface area contributed by atoms with E-state index in [0.717, 1.165) is 5.56 Å². The minimum absolute atomic E-state index is 0.133. The van der Waals surface area contributed by atoms with Gasteiger partial charge in [-0.1, -0.05) is 30.3 Å². The first kappa shape index (κ1) is 14.7. The molecule has 0 unspecified atom stereocenters. The Balaban J connectivity index is 1.83. The molecule has 0 saturated heterocycles. The molecular weight excluding hydrogens is 264 g/mol. The molecule has 0 atom stereocenters. The molecule has 0 saturated carbocycles. The Morgan fingerprint density at radius 2 is 1.95 bits per heavy atom. The number of amides is 1. The average Bonchev–Trinajstić information content (AvgIpc) is 2.50. The van der Waals surface area contributed by atoms with Crippen LogP contribution in [0.25, 0.3) is 0 Å². The summed E-state index contributed by atoms with van der Waals surface area (Å²) in [7, 11) is 0. The standard InChI is InChI=1S/C16H18N4O/c17-9-13-8-14(6-7-15(13)18)20-16(21)11-19-10-12-4-2-1-3-5-12/h1-9,17,19H,10-11,18H2,(H,20,21). The van der Waals surface area contributed by atoms with Crippen molar-refractivity contribution in [2.45, 2.75) is 6.54 Å². The number of nitrogens with one attached hydrogen (secondary N) is 3. The molecule has 1 amide bonds. The molecule has 5 heteroatoms. The highest BCUT2D eigenvalue weighted by Crippen LogP contribution is 2.15. The number of nitrogen functional groups attached to an aromatic ring is 1. The summed E-state index contributed by atoms with van der Waals surface area (Å²) in [4.78, 5) is 11.8. The highest BCUT2D eigenvalue weighted by atomic mass is 16.1. The predicted octanol–water partition coefficient (Wildman–Crippen LogP) is 1.99. The number of nitrogens with two attached hydrogens (primary N) is 1. The van der Waals surface area contributed by atoms with E-state index >= 15 is 0 Å². The fraction of sp³-hybridized carbons (Fsp3) is 0.125. The largest absolute Gasteiger partial charge is 0.398 e. The first-order chi connectivity index (χ1) is 10.2. The fourth-order valence-electron chi connectivity index (χ4n) is 1.90. The van der Waals surface area contributed by atoms with Crippen molar-refractivity contribution in [3.63, 3.8) is 0 Å². The Morgan fingerprint density at radius 1 is 1.19 bits per heavy atom. The number of benzene rings is 2. The van der Waals surface area contributed by atoms with Crippen LogP contribution in [0.3, 0.4) is 0 Å². The van der Waals surface area contributed by atoms with Crippen molar-refractivity contribution in [3.8, 4) is 0 Å². The first-order valence-corrected chi connectivity index (χ1v) is 6.63. The van der Waals surface area contributed by atoms with E-state index in [4.69, 9.17) is 11.1 Å². The van der Waals surface area contributed by atoms with Gasteiger partial charge in [0.2, 0.25) is 5.91 Å². The SMILES string of the molecule is N=Cc1cc(NC(=O)CNCc2ccccc2)ccc1N. The van der Waals surface area contributed by atoms with Gasteiger partial charge >= 0.3 is 0 Å². The van der Waals surface area contributed by atoms with Crippen molar-refractivity contribution in [1.29, 1.82) is 5.41 Å². The molecule has 0 aliphatic rings. The molecule has 0 aromatic heterocycles. The lowest BCUT2D eigenvalue weighted by atomic mass is 10.1. The maximum absolute atomic E-state index is 11.8. The van der Waals surface area contributed by atoms with Crippen LogP contribution in [0.5, 0.6) is 0 Å². The van der Waals surface area contributed by atoms with Gasteiger partial charge in [0.15, 0.2) is 0 Å². The van der Waals surface area contributed by atoms with Gasteiger partial charge in [0.1, 0.15) is 0 Å². The molecule has 0 aliphatic heterocycles. The van der Waals surface area contributed by atoms with Gasteiger partial charge in [-0.2, -0.15) is 0 Å². The Morgan fingerprint density at radius 3 is 2.67 bits per heavy atom. The van der Waals surface area contributed by atoms with Crippen molar-refractivity contribution in [3.05, 3.63) is 59.7 Å². The lowest BCUT2D eigenvalue weighted by Gasteiger charge is -2.08. The van der Waals surface area contributed by atoms with Crippen LogP contribution in [0, 0.1) is 5.41 Å². The lowest BCUT2D eigenvalue weighted by Crippen LogP contribution is -2.27. The van der Waals surface area contributed by atoms with Crippen LogP contribution in [-0.4, -0.2) is 18.7 Å². The zero-order chi connectivity index (χ0) is 15.1. The summed E-state index contributed by atoms with van der Waals surface area (Å²) in [5, 5.41) is 13.1. The maximum Gasteiger partial charge on any atom is 0.238 e. The molecule has 0 fully saturated rings. The molecule has 108 valence electrons. The van der Waals surface area contributed by atoms with Gasteiger partial charge in [-0.3, -0.25) is 4.79 Å². The van der Waals surface area contributed by atoms with Crippen molar-refractivity contribution < 1.29 is 4.79 Å². The zero-order valence-corrected chi connectivity index (χ0v) is 11.6. The highest BCUT2D eigenvalue weighted by Gasteiger charge is 2.04. The molecule has 0 heterocycles. The second-order valence-corrected chi connectivity index (χ2v) is 4.63. The number of rotatable bonds is 6. The Kier molecular flexibility index (Phi) is 5.06. The number of anilines is 2. The number of carbonyl (C=O) groups is 1. The summed E-state index contributed by atoms with van der Waals surface area (Å²) in [5.74, 6) is -0.133. The van der Waals surface area contributed by atoms with E-state index in [9.17, 15) is 4.79 Å². The van der Waals surface area contributed by atoms with Crippen molar-refractivity contribution in [1.82, 2.24) is 5.32 Å². The number of hydrogen-bond donors (Lipinski definition) is 4. The number of hydrogen-bond acceptors (Lipinski definition) is 4. The molecule has 0 radical (unpaired) electrons. The minimum Gasteiger partial charge on any atom is -0.398 e. The Hall–Kier alpha value is -2.66. The fourth-order valence-corrected chi connectivity index (χ4v) is 1.90. The van der Waals surface area contributed by atoms with Crippen LogP contribution in [0.4, 0.5) is 11.4 Å². The third-order valence-electron chi connectivity index (χ3n) is 2.98. The van der Waals surface area contributed by atoms with Gasteiger partial charge in [-0.05, 0) is 23.8 Å². The molecule has 5 nitrogen and oxygen atoms in total. The van der Waals surface area contributed by atoms with E-state index in [-0.39, 0.29) is 12.5 Å². The Labute approximate surface area is 123 Å². The maximum atomic E-state index is 11.8. The summed E-state index contributed by atoms with van der Waals surface area (Å²) in [5.41, 5.74) is 8.57. The summed E-state index contributed by atoms with van der Waals surface area (Å²) >= 11 is 0. The van der Waals surface area contributed by atoms with Crippen LogP contribution in [-0.2, 0) is 11.3 Å². The lowest BCUT2D eigenvalue weighted by molar-refractivity contribution is -0.115. The van der Waals surface area contributed by atoms with Gasteiger partial charge in [0.05, 0.1) is 6.54 Å². The molecule has 2 rings (SSSR count). The minimum atomic E-state index is -0.133. The average molecular weight is 282 g/mol. The molecule has 0 aliphatic carbocycles. The first-order valence-electron chi connectivity index (χ1n) is 6.63.